The molecule has 0 saturated heterocycles. The fraction of sp³-hybridized carbons (Fsp3) is 0.333. The first-order valence-corrected chi connectivity index (χ1v) is 6.70. The maximum atomic E-state index is 5.92. The largest absolute Gasteiger partial charge is 0.368 e. The quantitative estimate of drug-likeness (QED) is 0.660. The summed E-state index contributed by atoms with van der Waals surface area (Å²) in [5, 5.41) is 8.07. The normalized spacial score (nSPS) is 15.5. The topological polar surface area (TPSA) is 56.2 Å². The summed E-state index contributed by atoms with van der Waals surface area (Å²) in [5.41, 5.74) is 10.1. The molecule has 4 rings (SSSR count). The van der Waals surface area contributed by atoms with E-state index >= 15 is 0 Å². The number of rotatable bonds is 0. The molecule has 86 valence electrons. The number of aromatic nitrogens is 3. The molecule has 0 spiro atoms. The summed E-state index contributed by atoms with van der Waals surface area (Å²) in [6.07, 6.45) is 4.90. The lowest BCUT2D eigenvalue weighted by Crippen LogP contribution is -2.04. The van der Waals surface area contributed by atoms with Crippen molar-refractivity contribution < 1.29 is 0 Å². The molecule has 2 heterocycles. The first-order chi connectivity index (χ1) is 8.34. The predicted molar refractivity (Wildman–Crippen MR) is 69.4 cm³/mol. The minimum atomic E-state index is 0.505. The van der Waals surface area contributed by atoms with Crippen molar-refractivity contribution >= 4 is 32.5 Å². The van der Waals surface area contributed by atoms with Crippen molar-refractivity contribution in [1.82, 2.24) is 14.6 Å². The average Bonchev–Trinajstić information content (AvgIpc) is 2.89. The molecule has 0 saturated carbocycles. The minimum absolute atomic E-state index is 0.505. The summed E-state index contributed by atoms with van der Waals surface area (Å²) in [6, 6.07) is 4.45. The van der Waals surface area contributed by atoms with E-state index in [1.165, 1.54) is 40.6 Å². The summed E-state index contributed by atoms with van der Waals surface area (Å²) in [7, 11) is 0. The van der Waals surface area contributed by atoms with Crippen LogP contribution >= 0.6 is 11.3 Å². The highest BCUT2D eigenvalue weighted by Crippen LogP contribution is 2.34. The van der Waals surface area contributed by atoms with Gasteiger partial charge in [-0.05, 0) is 42.9 Å². The van der Waals surface area contributed by atoms with Gasteiger partial charge in [0.2, 0.25) is 10.9 Å². The van der Waals surface area contributed by atoms with Gasteiger partial charge in [0.15, 0.2) is 0 Å². The Labute approximate surface area is 102 Å². The van der Waals surface area contributed by atoms with Gasteiger partial charge in [0.05, 0.1) is 10.2 Å². The van der Waals surface area contributed by atoms with Crippen molar-refractivity contribution in [2.45, 2.75) is 25.7 Å². The van der Waals surface area contributed by atoms with Crippen LogP contribution in [0.25, 0.3) is 15.2 Å². The second-order valence-electron chi connectivity index (χ2n) is 4.54. The highest BCUT2D eigenvalue weighted by Gasteiger charge is 2.18. The molecule has 0 aliphatic heterocycles. The molecule has 0 atom stereocenters. The molecule has 5 heteroatoms. The molecule has 1 aliphatic rings. The molecule has 1 aliphatic carbocycles. The number of hydrogen-bond donors (Lipinski definition) is 1. The van der Waals surface area contributed by atoms with E-state index in [9.17, 15) is 0 Å². The molecule has 4 nitrogen and oxygen atoms in total. The first-order valence-electron chi connectivity index (χ1n) is 5.88. The molecule has 3 aromatic rings. The number of fused-ring (bicyclic) bond motifs is 5. The lowest BCUT2D eigenvalue weighted by atomic mass is 9.91. The molecule has 0 fully saturated rings. The standard InChI is InChI=1S/C12H12N4S/c13-11-14-15-12-16(11)10-8-4-2-1-3-7(8)5-6-9(10)17-12/h5-6H,1-4H2,(H2,13,14). The van der Waals surface area contributed by atoms with E-state index in [4.69, 9.17) is 5.73 Å². The number of benzene rings is 1. The van der Waals surface area contributed by atoms with Gasteiger partial charge in [-0.2, -0.15) is 0 Å². The summed E-state index contributed by atoms with van der Waals surface area (Å²) < 4.78 is 3.27. The highest BCUT2D eigenvalue weighted by atomic mass is 32.1. The van der Waals surface area contributed by atoms with Crippen LogP contribution in [0, 0.1) is 0 Å². The van der Waals surface area contributed by atoms with Gasteiger partial charge in [0.1, 0.15) is 0 Å². The van der Waals surface area contributed by atoms with Crippen LogP contribution < -0.4 is 5.73 Å². The molecule has 0 unspecified atom stereocenters. The maximum Gasteiger partial charge on any atom is 0.227 e. The molecule has 2 N–H and O–H groups in total. The highest BCUT2D eigenvalue weighted by molar-refractivity contribution is 7.23. The van der Waals surface area contributed by atoms with E-state index in [1.807, 2.05) is 4.40 Å². The molecule has 1 aromatic carbocycles. The lowest BCUT2D eigenvalue weighted by Gasteiger charge is -2.16. The Bertz CT molecular complexity index is 725. The van der Waals surface area contributed by atoms with E-state index in [0.29, 0.717) is 5.95 Å². The Morgan fingerprint density at radius 2 is 2.06 bits per heavy atom. The number of aryl methyl sites for hydroxylation is 2. The van der Waals surface area contributed by atoms with Crippen LogP contribution in [0.1, 0.15) is 24.0 Å². The van der Waals surface area contributed by atoms with Gasteiger partial charge in [0.25, 0.3) is 0 Å². The second kappa shape index (κ2) is 3.20. The summed E-state index contributed by atoms with van der Waals surface area (Å²) in [4.78, 5) is 0.900. The SMILES string of the molecule is Nc1nnc2sc3ccc4c(c3n12)CCCC4. The van der Waals surface area contributed by atoms with E-state index in [0.717, 1.165) is 11.4 Å². The first kappa shape index (κ1) is 9.41. The summed E-state index contributed by atoms with van der Waals surface area (Å²) >= 11 is 1.66. The third-order valence-corrected chi connectivity index (χ3v) is 4.55. The minimum Gasteiger partial charge on any atom is -0.368 e. The van der Waals surface area contributed by atoms with Crippen LogP contribution in [0.3, 0.4) is 0 Å². The van der Waals surface area contributed by atoms with Crippen molar-refractivity contribution in [3.63, 3.8) is 0 Å². The van der Waals surface area contributed by atoms with Gasteiger partial charge in [-0.1, -0.05) is 17.4 Å². The van der Waals surface area contributed by atoms with E-state index in [2.05, 4.69) is 22.3 Å². The van der Waals surface area contributed by atoms with Gasteiger partial charge < -0.3 is 5.73 Å². The number of nitrogens with zero attached hydrogens (tertiary/aromatic N) is 3. The van der Waals surface area contributed by atoms with Crippen molar-refractivity contribution in [3.8, 4) is 0 Å². The van der Waals surface area contributed by atoms with E-state index < -0.39 is 0 Å². The Morgan fingerprint density at radius 3 is 3.00 bits per heavy atom. The maximum absolute atomic E-state index is 5.92. The van der Waals surface area contributed by atoms with Crippen LogP contribution in [0.2, 0.25) is 0 Å². The third-order valence-electron chi connectivity index (χ3n) is 3.55. The lowest BCUT2D eigenvalue weighted by molar-refractivity contribution is 0.689. The Kier molecular flexibility index (Phi) is 1.77. The van der Waals surface area contributed by atoms with Gasteiger partial charge in [-0.25, -0.2) is 0 Å². The van der Waals surface area contributed by atoms with Crippen LogP contribution in [0.5, 0.6) is 0 Å². The molecular formula is C12H12N4S. The van der Waals surface area contributed by atoms with Gasteiger partial charge in [-0.15, -0.1) is 10.2 Å². The Hall–Kier alpha value is -1.62. The zero-order valence-electron chi connectivity index (χ0n) is 9.31. The molecule has 2 aromatic heterocycles. The zero-order chi connectivity index (χ0) is 11.4. The fourth-order valence-corrected chi connectivity index (χ4v) is 3.77. The monoisotopic (exact) mass is 244 g/mol. The van der Waals surface area contributed by atoms with Crippen LogP contribution in [-0.4, -0.2) is 14.6 Å². The Balaban J connectivity index is 2.22. The average molecular weight is 244 g/mol. The van der Waals surface area contributed by atoms with Gasteiger partial charge >= 0.3 is 0 Å². The van der Waals surface area contributed by atoms with Crippen LogP contribution in [-0.2, 0) is 12.8 Å². The van der Waals surface area contributed by atoms with Crippen LogP contribution in [0.15, 0.2) is 12.1 Å². The number of nitrogens with two attached hydrogens (primary N) is 1. The smallest absolute Gasteiger partial charge is 0.227 e. The fourth-order valence-electron chi connectivity index (χ4n) is 2.77. The zero-order valence-corrected chi connectivity index (χ0v) is 10.1. The Morgan fingerprint density at radius 1 is 1.18 bits per heavy atom. The molecule has 0 bridgehead atoms. The molecule has 0 amide bonds. The van der Waals surface area contributed by atoms with Gasteiger partial charge in [0, 0.05) is 0 Å². The number of thiazole rings is 1. The van der Waals surface area contributed by atoms with Crippen molar-refractivity contribution in [1.29, 1.82) is 0 Å². The summed E-state index contributed by atoms with van der Waals surface area (Å²) in [5.74, 6) is 0.505. The number of hydrogen-bond acceptors (Lipinski definition) is 4. The predicted octanol–water partition coefficient (Wildman–Crippen LogP) is 2.41. The molecule has 17 heavy (non-hydrogen) atoms. The van der Waals surface area contributed by atoms with Crippen molar-refractivity contribution in [2.24, 2.45) is 0 Å². The number of anilines is 1. The van der Waals surface area contributed by atoms with Crippen LogP contribution in [0.4, 0.5) is 5.95 Å². The molecular weight excluding hydrogens is 232 g/mol. The molecule has 0 radical (unpaired) electrons. The summed E-state index contributed by atoms with van der Waals surface area (Å²) in [6.45, 7) is 0. The van der Waals surface area contributed by atoms with E-state index in [1.54, 1.807) is 11.3 Å². The van der Waals surface area contributed by atoms with Crippen molar-refractivity contribution in [2.75, 3.05) is 5.73 Å². The second-order valence-corrected chi connectivity index (χ2v) is 5.54. The number of nitrogen functional groups attached to an aromatic ring is 1. The van der Waals surface area contributed by atoms with Gasteiger partial charge in [-0.3, -0.25) is 4.40 Å². The van der Waals surface area contributed by atoms with E-state index in [-0.39, 0.29) is 0 Å². The van der Waals surface area contributed by atoms with Crippen molar-refractivity contribution in [3.05, 3.63) is 23.3 Å². The third kappa shape index (κ3) is 1.17.